The summed E-state index contributed by atoms with van der Waals surface area (Å²) in [5.41, 5.74) is 2.00. The highest BCUT2D eigenvalue weighted by Gasteiger charge is 2.17. The number of hydrogen-bond donors (Lipinski definition) is 1. The van der Waals surface area contributed by atoms with Crippen LogP contribution in [-0.2, 0) is 11.3 Å². The molecule has 0 amide bonds. The maximum absolute atomic E-state index is 10.9. The molecule has 8 heteroatoms. The van der Waals surface area contributed by atoms with Gasteiger partial charge in [-0.3, -0.25) is 14.0 Å². The lowest BCUT2D eigenvalue weighted by atomic mass is 10.2. The zero-order valence-electron chi connectivity index (χ0n) is 12.5. The Hall–Kier alpha value is -2.61. The Morgan fingerprint density at radius 3 is 2.78 bits per heavy atom. The van der Waals surface area contributed by atoms with E-state index in [-0.39, 0.29) is 5.75 Å². The first-order chi connectivity index (χ1) is 11.1. The van der Waals surface area contributed by atoms with Crippen molar-refractivity contribution in [3.63, 3.8) is 0 Å². The van der Waals surface area contributed by atoms with Crippen molar-refractivity contribution < 1.29 is 9.90 Å². The minimum absolute atomic E-state index is 0.0637. The minimum Gasteiger partial charge on any atom is -0.481 e. The number of rotatable bonds is 6. The van der Waals surface area contributed by atoms with Gasteiger partial charge in [-0.2, -0.15) is 5.10 Å². The van der Waals surface area contributed by atoms with Gasteiger partial charge in [-0.1, -0.05) is 30.0 Å². The van der Waals surface area contributed by atoms with E-state index >= 15 is 0 Å². The highest BCUT2D eigenvalue weighted by molar-refractivity contribution is 7.99. The molecule has 2 aromatic heterocycles. The highest BCUT2D eigenvalue weighted by atomic mass is 32.2. The van der Waals surface area contributed by atoms with Gasteiger partial charge in [-0.15, -0.1) is 10.2 Å². The number of carboxylic acid groups (broad SMARTS) is 1. The van der Waals surface area contributed by atoms with E-state index in [2.05, 4.69) is 15.3 Å². The van der Waals surface area contributed by atoms with Crippen molar-refractivity contribution in [3.8, 4) is 5.69 Å². The Morgan fingerprint density at radius 1 is 1.26 bits per heavy atom. The van der Waals surface area contributed by atoms with Crippen LogP contribution in [0.2, 0.25) is 0 Å². The first kappa shape index (κ1) is 15.3. The van der Waals surface area contributed by atoms with Crippen LogP contribution in [0.25, 0.3) is 5.69 Å². The SMILES string of the molecule is Cc1ccccc1-n1c(Cn2cccn2)nnc1SCC(=O)O. The van der Waals surface area contributed by atoms with Gasteiger partial charge in [-0.05, 0) is 24.6 Å². The summed E-state index contributed by atoms with van der Waals surface area (Å²) in [5, 5.41) is 22.0. The number of thioether (sulfide) groups is 1. The molecule has 0 radical (unpaired) electrons. The Bertz CT molecular complexity index is 813. The van der Waals surface area contributed by atoms with Crippen molar-refractivity contribution in [3.05, 3.63) is 54.1 Å². The van der Waals surface area contributed by atoms with Gasteiger partial charge in [0.05, 0.1) is 11.4 Å². The quantitative estimate of drug-likeness (QED) is 0.696. The maximum atomic E-state index is 10.9. The molecule has 0 spiro atoms. The van der Waals surface area contributed by atoms with E-state index in [1.807, 2.05) is 48.0 Å². The molecule has 118 valence electrons. The topological polar surface area (TPSA) is 85.8 Å². The molecule has 0 saturated carbocycles. The second kappa shape index (κ2) is 6.66. The van der Waals surface area contributed by atoms with Gasteiger partial charge in [0.15, 0.2) is 11.0 Å². The third-order valence-corrected chi connectivity index (χ3v) is 4.16. The predicted molar refractivity (Wildman–Crippen MR) is 85.8 cm³/mol. The van der Waals surface area contributed by atoms with Crippen molar-refractivity contribution in [1.29, 1.82) is 0 Å². The monoisotopic (exact) mass is 329 g/mol. The largest absolute Gasteiger partial charge is 0.481 e. The lowest BCUT2D eigenvalue weighted by Crippen LogP contribution is -2.10. The number of para-hydroxylation sites is 1. The van der Waals surface area contributed by atoms with Crippen molar-refractivity contribution in [1.82, 2.24) is 24.5 Å². The molecule has 3 aromatic rings. The van der Waals surface area contributed by atoms with E-state index in [0.717, 1.165) is 23.0 Å². The molecule has 7 nitrogen and oxygen atoms in total. The van der Waals surface area contributed by atoms with Crippen LogP contribution in [0, 0.1) is 6.92 Å². The average molecular weight is 329 g/mol. The summed E-state index contributed by atoms with van der Waals surface area (Å²) < 4.78 is 3.65. The zero-order chi connectivity index (χ0) is 16.2. The Labute approximate surface area is 137 Å². The van der Waals surface area contributed by atoms with Gasteiger partial charge >= 0.3 is 5.97 Å². The summed E-state index contributed by atoms with van der Waals surface area (Å²) in [5.74, 6) is -0.245. The van der Waals surface area contributed by atoms with Crippen molar-refractivity contribution in [2.24, 2.45) is 0 Å². The number of benzene rings is 1. The van der Waals surface area contributed by atoms with Crippen LogP contribution in [-0.4, -0.2) is 41.4 Å². The van der Waals surface area contributed by atoms with E-state index < -0.39 is 5.97 Å². The second-order valence-corrected chi connectivity index (χ2v) is 5.85. The maximum Gasteiger partial charge on any atom is 0.313 e. The number of nitrogens with zero attached hydrogens (tertiary/aromatic N) is 5. The van der Waals surface area contributed by atoms with E-state index in [1.165, 1.54) is 0 Å². The van der Waals surface area contributed by atoms with Crippen LogP contribution in [0.4, 0.5) is 0 Å². The molecular formula is C15H15N5O2S. The molecule has 0 saturated heterocycles. The molecular weight excluding hydrogens is 314 g/mol. The lowest BCUT2D eigenvalue weighted by molar-refractivity contribution is -0.133. The fourth-order valence-corrected chi connectivity index (χ4v) is 2.90. The third-order valence-electron chi connectivity index (χ3n) is 3.24. The number of aryl methyl sites for hydroxylation is 1. The Kier molecular flexibility index (Phi) is 4.42. The normalized spacial score (nSPS) is 10.8. The Balaban J connectivity index is 2.02. The van der Waals surface area contributed by atoms with Crippen LogP contribution in [0.1, 0.15) is 11.4 Å². The van der Waals surface area contributed by atoms with Gasteiger partial charge in [0, 0.05) is 12.4 Å². The average Bonchev–Trinajstić information content (AvgIpc) is 3.16. The predicted octanol–water partition coefficient (Wildman–Crippen LogP) is 2.00. The van der Waals surface area contributed by atoms with Crippen molar-refractivity contribution in [2.45, 2.75) is 18.6 Å². The summed E-state index contributed by atoms with van der Waals surface area (Å²) in [6, 6.07) is 9.70. The number of carboxylic acids is 1. The molecule has 0 aliphatic rings. The lowest BCUT2D eigenvalue weighted by Gasteiger charge is -2.12. The van der Waals surface area contributed by atoms with Gasteiger partial charge in [0.1, 0.15) is 6.54 Å². The summed E-state index contributed by atoms with van der Waals surface area (Å²) in [6.45, 7) is 2.46. The molecule has 23 heavy (non-hydrogen) atoms. The molecule has 3 rings (SSSR count). The minimum atomic E-state index is -0.886. The van der Waals surface area contributed by atoms with Crippen LogP contribution in [0.15, 0.2) is 47.9 Å². The first-order valence-electron chi connectivity index (χ1n) is 6.97. The van der Waals surface area contributed by atoms with Gasteiger partial charge < -0.3 is 5.11 Å². The van der Waals surface area contributed by atoms with Crippen LogP contribution in [0.3, 0.4) is 0 Å². The molecule has 2 heterocycles. The smallest absolute Gasteiger partial charge is 0.313 e. The molecule has 0 unspecified atom stereocenters. The molecule has 0 atom stereocenters. The van der Waals surface area contributed by atoms with E-state index in [4.69, 9.17) is 5.11 Å². The highest BCUT2D eigenvalue weighted by Crippen LogP contribution is 2.24. The van der Waals surface area contributed by atoms with Crippen LogP contribution in [0.5, 0.6) is 0 Å². The van der Waals surface area contributed by atoms with E-state index in [1.54, 1.807) is 10.9 Å². The van der Waals surface area contributed by atoms with E-state index in [9.17, 15) is 4.79 Å². The fraction of sp³-hybridized carbons (Fsp3) is 0.200. The van der Waals surface area contributed by atoms with Gasteiger partial charge in [-0.25, -0.2) is 0 Å². The van der Waals surface area contributed by atoms with Crippen LogP contribution >= 0.6 is 11.8 Å². The second-order valence-electron chi connectivity index (χ2n) is 4.91. The molecule has 0 fully saturated rings. The van der Waals surface area contributed by atoms with Crippen molar-refractivity contribution >= 4 is 17.7 Å². The van der Waals surface area contributed by atoms with Crippen LogP contribution < -0.4 is 0 Å². The summed E-state index contributed by atoms with van der Waals surface area (Å²) in [4.78, 5) is 10.9. The third kappa shape index (κ3) is 3.42. The van der Waals surface area contributed by atoms with E-state index in [0.29, 0.717) is 17.5 Å². The summed E-state index contributed by atoms with van der Waals surface area (Å²) in [6.07, 6.45) is 3.55. The van der Waals surface area contributed by atoms with Gasteiger partial charge in [0.2, 0.25) is 0 Å². The van der Waals surface area contributed by atoms with Gasteiger partial charge in [0.25, 0.3) is 0 Å². The zero-order valence-corrected chi connectivity index (χ0v) is 13.3. The number of aliphatic carboxylic acids is 1. The number of aromatic nitrogens is 5. The number of carbonyl (C=O) groups is 1. The summed E-state index contributed by atoms with van der Waals surface area (Å²) in [7, 11) is 0. The van der Waals surface area contributed by atoms with Crippen molar-refractivity contribution in [2.75, 3.05) is 5.75 Å². The first-order valence-corrected chi connectivity index (χ1v) is 7.96. The Morgan fingerprint density at radius 2 is 2.09 bits per heavy atom. The summed E-state index contributed by atoms with van der Waals surface area (Å²) >= 11 is 1.15. The molecule has 1 N–H and O–H groups in total. The molecule has 0 aliphatic carbocycles. The number of hydrogen-bond acceptors (Lipinski definition) is 5. The molecule has 0 bridgehead atoms. The standard InChI is InChI=1S/C15H15N5O2S/c1-11-5-2-3-6-12(11)20-13(9-19-8-4-7-16-19)17-18-15(20)23-10-14(21)22/h2-8H,9-10H2,1H3,(H,21,22). The fourth-order valence-electron chi connectivity index (χ4n) is 2.22. The molecule has 1 aromatic carbocycles. The molecule has 0 aliphatic heterocycles.